The first-order valence-corrected chi connectivity index (χ1v) is 13.2. The molecule has 0 fully saturated rings. The third kappa shape index (κ3) is 3.97. The minimum Gasteiger partial charge on any atom is -0.0622 e. The summed E-state index contributed by atoms with van der Waals surface area (Å²) in [4.78, 5) is 0. The Bertz CT molecular complexity index is 1310. The van der Waals surface area contributed by atoms with Gasteiger partial charge in [0, 0.05) is 5.92 Å². The number of benzene rings is 5. The van der Waals surface area contributed by atoms with E-state index in [1.165, 1.54) is 64.6 Å². The minimum absolute atomic E-state index is 0.109. The molecule has 0 amide bonds. The van der Waals surface area contributed by atoms with Crippen molar-refractivity contribution in [3.8, 4) is 0 Å². The van der Waals surface area contributed by atoms with E-state index in [1.54, 1.807) is 0 Å². The van der Waals surface area contributed by atoms with Gasteiger partial charge in [-0.3, -0.25) is 0 Å². The second kappa shape index (κ2) is 9.99. The molecule has 0 aliphatic heterocycles. The summed E-state index contributed by atoms with van der Waals surface area (Å²) in [7, 11) is 0. The fourth-order valence-electron chi connectivity index (χ4n) is 6.37. The first kappa shape index (κ1) is 22.6. The summed E-state index contributed by atoms with van der Waals surface area (Å²) < 4.78 is 0. The molecule has 0 nitrogen and oxygen atoms in total. The van der Waals surface area contributed by atoms with Crippen LogP contribution in [0.1, 0.15) is 57.7 Å². The molecular weight excluding hydrogens is 432 g/mol. The molecule has 0 heterocycles. The molecule has 0 N–H and O–H groups in total. The maximum Gasteiger partial charge on any atom is 0.0560 e. The van der Waals surface area contributed by atoms with Crippen molar-refractivity contribution in [2.75, 3.05) is 0 Å². The zero-order chi connectivity index (χ0) is 24.2. The molecule has 0 aromatic heterocycles. The van der Waals surface area contributed by atoms with E-state index < -0.39 is 5.41 Å². The van der Waals surface area contributed by atoms with Crippen LogP contribution in [-0.2, 0) is 18.3 Å². The fourth-order valence-corrected chi connectivity index (χ4v) is 6.37. The number of fused-ring (bicyclic) bond motifs is 1. The Morgan fingerprint density at radius 2 is 0.861 bits per heavy atom. The van der Waals surface area contributed by atoms with Gasteiger partial charge in [0.15, 0.2) is 0 Å². The SMILES string of the molecule is c1ccc([C@@H](c2ccc3c(c2)CCCC3)C(c2ccccc2)(c2ccccc2)c2ccccc2)cc1. The van der Waals surface area contributed by atoms with Crippen molar-refractivity contribution in [2.24, 2.45) is 0 Å². The Kier molecular flexibility index (Phi) is 6.26. The lowest BCUT2D eigenvalue weighted by atomic mass is 9.58. The van der Waals surface area contributed by atoms with Gasteiger partial charge >= 0.3 is 0 Å². The van der Waals surface area contributed by atoms with Gasteiger partial charge in [-0.1, -0.05) is 140 Å². The topological polar surface area (TPSA) is 0 Å². The van der Waals surface area contributed by atoms with E-state index >= 15 is 0 Å². The summed E-state index contributed by atoms with van der Waals surface area (Å²) in [6.45, 7) is 0. The van der Waals surface area contributed by atoms with Gasteiger partial charge in [0.05, 0.1) is 5.41 Å². The number of rotatable bonds is 6. The highest BCUT2D eigenvalue weighted by molar-refractivity contribution is 5.58. The monoisotopic (exact) mass is 464 g/mol. The van der Waals surface area contributed by atoms with Gasteiger partial charge in [0.25, 0.3) is 0 Å². The maximum absolute atomic E-state index is 2.52. The molecule has 1 atom stereocenters. The molecule has 176 valence electrons. The molecule has 0 unspecified atom stereocenters. The van der Waals surface area contributed by atoms with Gasteiger partial charge < -0.3 is 0 Å². The number of hydrogen-bond donors (Lipinski definition) is 0. The maximum atomic E-state index is 2.52. The van der Waals surface area contributed by atoms with Crippen LogP contribution in [0.2, 0.25) is 0 Å². The van der Waals surface area contributed by atoms with Gasteiger partial charge in [-0.05, 0) is 64.6 Å². The molecular formula is C36H32. The molecule has 1 aliphatic carbocycles. The van der Waals surface area contributed by atoms with Gasteiger partial charge in [-0.25, -0.2) is 0 Å². The van der Waals surface area contributed by atoms with Crippen molar-refractivity contribution in [3.63, 3.8) is 0 Å². The van der Waals surface area contributed by atoms with Crippen LogP contribution in [0.5, 0.6) is 0 Å². The second-order valence-electron chi connectivity index (χ2n) is 9.99. The molecule has 5 aromatic carbocycles. The zero-order valence-corrected chi connectivity index (χ0v) is 20.7. The molecule has 0 saturated carbocycles. The third-order valence-corrected chi connectivity index (χ3v) is 7.96. The first-order chi connectivity index (χ1) is 17.9. The summed E-state index contributed by atoms with van der Waals surface area (Å²) in [6.07, 6.45) is 4.97. The molecule has 6 rings (SSSR count). The lowest BCUT2D eigenvalue weighted by Crippen LogP contribution is -2.37. The van der Waals surface area contributed by atoms with Crippen LogP contribution in [0.4, 0.5) is 0 Å². The predicted octanol–water partition coefficient (Wildman–Crippen LogP) is 8.73. The Morgan fingerprint density at radius 1 is 0.417 bits per heavy atom. The average Bonchev–Trinajstić information content (AvgIpc) is 2.97. The molecule has 0 heteroatoms. The highest BCUT2D eigenvalue weighted by atomic mass is 14.5. The van der Waals surface area contributed by atoms with Crippen LogP contribution in [0.15, 0.2) is 140 Å². The van der Waals surface area contributed by atoms with Gasteiger partial charge in [0.1, 0.15) is 0 Å². The molecule has 5 aromatic rings. The zero-order valence-electron chi connectivity index (χ0n) is 20.7. The Morgan fingerprint density at radius 3 is 1.36 bits per heavy atom. The highest BCUT2D eigenvalue weighted by Gasteiger charge is 2.45. The van der Waals surface area contributed by atoms with Gasteiger partial charge in [-0.2, -0.15) is 0 Å². The van der Waals surface area contributed by atoms with Crippen LogP contribution in [-0.4, -0.2) is 0 Å². The van der Waals surface area contributed by atoms with E-state index in [-0.39, 0.29) is 5.92 Å². The minimum atomic E-state index is -0.395. The summed E-state index contributed by atoms with van der Waals surface area (Å²) in [5.41, 5.74) is 9.33. The Balaban J connectivity index is 1.73. The number of aryl methyl sites for hydroxylation is 2. The average molecular weight is 465 g/mol. The largest absolute Gasteiger partial charge is 0.0622 e. The smallest absolute Gasteiger partial charge is 0.0560 e. The van der Waals surface area contributed by atoms with Crippen molar-refractivity contribution in [2.45, 2.75) is 37.0 Å². The van der Waals surface area contributed by atoms with Crippen molar-refractivity contribution >= 4 is 0 Å². The summed E-state index contributed by atoms with van der Waals surface area (Å²) >= 11 is 0. The molecule has 0 spiro atoms. The molecule has 36 heavy (non-hydrogen) atoms. The normalized spacial score (nSPS) is 14.1. The highest BCUT2D eigenvalue weighted by Crippen LogP contribution is 2.52. The van der Waals surface area contributed by atoms with Crippen molar-refractivity contribution in [1.29, 1.82) is 0 Å². The van der Waals surface area contributed by atoms with Crippen molar-refractivity contribution in [3.05, 3.63) is 178 Å². The van der Waals surface area contributed by atoms with E-state index in [1.807, 2.05) is 0 Å². The first-order valence-electron chi connectivity index (χ1n) is 13.2. The number of hydrogen-bond acceptors (Lipinski definition) is 0. The quantitative estimate of drug-likeness (QED) is 0.220. The van der Waals surface area contributed by atoms with Crippen LogP contribution in [0.3, 0.4) is 0 Å². The van der Waals surface area contributed by atoms with E-state index in [0.29, 0.717) is 0 Å². The summed E-state index contributed by atoms with van der Waals surface area (Å²) in [5, 5.41) is 0. The third-order valence-electron chi connectivity index (χ3n) is 7.96. The summed E-state index contributed by atoms with van der Waals surface area (Å²) in [5.74, 6) is 0.109. The Hall–Kier alpha value is -3.90. The molecule has 0 bridgehead atoms. The van der Waals surface area contributed by atoms with Crippen molar-refractivity contribution in [1.82, 2.24) is 0 Å². The van der Waals surface area contributed by atoms with E-state index in [0.717, 1.165) is 0 Å². The predicted molar refractivity (Wildman–Crippen MR) is 151 cm³/mol. The standard InChI is InChI=1S/C36H32/c1-5-16-29(17-6-1)35(31-26-25-28-15-13-14-18-30(28)27-31)36(32-19-7-2-8-20-32,33-21-9-3-10-22-33)34-23-11-4-12-24-34/h1-12,16-17,19-27,35H,13-15,18H2/t35-/m0/s1. The fraction of sp³-hybridized carbons (Fsp3) is 0.167. The van der Waals surface area contributed by atoms with Crippen LogP contribution in [0.25, 0.3) is 0 Å². The van der Waals surface area contributed by atoms with E-state index in [2.05, 4.69) is 140 Å². The Labute approximate surface area is 215 Å². The van der Waals surface area contributed by atoms with Crippen molar-refractivity contribution < 1.29 is 0 Å². The van der Waals surface area contributed by atoms with Crippen LogP contribution < -0.4 is 0 Å². The van der Waals surface area contributed by atoms with E-state index in [9.17, 15) is 0 Å². The second-order valence-corrected chi connectivity index (χ2v) is 9.99. The van der Waals surface area contributed by atoms with Gasteiger partial charge in [0.2, 0.25) is 0 Å². The van der Waals surface area contributed by atoms with Crippen LogP contribution >= 0.6 is 0 Å². The van der Waals surface area contributed by atoms with E-state index in [4.69, 9.17) is 0 Å². The summed E-state index contributed by atoms with van der Waals surface area (Å²) in [6, 6.07) is 51.8. The lowest BCUT2D eigenvalue weighted by Gasteiger charge is -2.44. The van der Waals surface area contributed by atoms with Crippen LogP contribution in [0, 0.1) is 0 Å². The van der Waals surface area contributed by atoms with Gasteiger partial charge in [-0.15, -0.1) is 0 Å². The molecule has 0 radical (unpaired) electrons. The molecule has 1 aliphatic rings. The molecule has 0 saturated heterocycles. The lowest BCUT2D eigenvalue weighted by molar-refractivity contribution is 0.536.